The minimum atomic E-state index is -0.453. The predicted molar refractivity (Wildman–Crippen MR) is 111 cm³/mol. The molecule has 0 unspecified atom stereocenters. The van der Waals surface area contributed by atoms with Gasteiger partial charge in [0.2, 0.25) is 0 Å². The first-order valence-electron chi connectivity index (χ1n) is 9.14. The summed E-state index contributed by atoms with van der Waals surface area (Å²) in [4.78, 5) is 15.6. The van der Waals surface area contributed by atoms with Crippen molar-refractivity contribution < 1.29 is 23.9 Å². The van der Waals surface area contributed by atoms with Crippen LogP contribution < -0.4 is 9.47 Å². The third-order valence-electron chi connectivity index (χ3n) is 4.06. The molecule has 0 amide bonds. The van der Waals surface area contributed by atoms with Gasteiger partial charge >= 0.3 is 5.69 Å². The number of rotatable bonds is 11. The molecule has 0 aliphatic carbocycles. The van der Waals surface area contributed by atoms with E-state index in [4.69, 9.17) is 18.9 Å². The van der Waals surface area contributed by atoms with Crippen molar-refractivity contribution in [3.05, 3.63) is 46.5 Å². The normalized spacial score (nSPS) is 11.0. The lowest BCUT2D eigenvalue weighted by molar-refractivity contribution is -0.385. The summed E-state index contributed by atoms with van der Waals surface area (Å²) in [5, 5.41) is 12.2. The van der Waals surface area contributed by atoms with Crippen molar-refractivity contribution in [1.82, 2.24) is 4.98 Å². The van der Waals surface area contributed by atoms with E-state index in [9.17, 15) is 10.1 Å². The molecule has 29 heavy (non-hydrogen) atoms. The van der Waals surface area contributed by atoms with Crippen molar-refractivity contribution in [3.8, 4) is 22.1 Å². The Bertz CT molecular complexity index is 975. The summed E-state index contributed by atoms with van der Waals surface area (Å²) in [5.41, 5.74) is 1.35. The van der Waals surface area contributed by atoms with Crippen LogP contribution in [0.25, 0.3) is 20.8 Å². The van der Waals surface area contributed by atoms with Crippen molar-refractivity contribution in [2.24, 2.45) is 0 Å². The summed E-state index contributed by atoms with van der Waals surface area (Å²) < 4.78 is 22.3. The summed E-state index contributed by atoms with van der Waals surface area (Å²) >= 11 is 1.46. The van der Waals surface area contributed by atoms with Gasteiger partial charge in [-0.15, -0.1) is 11.3 Å². The van der Waals surface area contributed by atoms with Crippen LogP contribution in [0.15, 0.2) is 36.4 Å². The average molecular weight is 418 g/mol. The average Bonchev–Trinajstić information content (AvgIpc) is 3.16. The molecule has 9 heteroatoms. The molecular weight excluding hydrogens is 396 g/mol. The summed E-state index contributed by atoms with van der Waals surface area (Å²) in [7, 11) is 1.60. The number of nitrogens with zero attached hydrogens (tertiary/aromatic N) is 2. The Morgan fingerprint density at radius 1 is 1.07 bits per heavy atom. The molecule has 0 spiro atoms. The second kappa shape index (κ2) is 10.1. The van der Waals surface area contributed by atoms with E-state index in [0.29, 0.717) is 42.7 Å². The molecule has 1 heterocycles. The van der Waals surface area contributed by atoms with Crippen molar-refractivity contribution >= 4 is 27.2 Å². The van der Waals surface area contributed by atoms with Crippen LogP contribution in [0, 0.1) is 10.1 Å². The minimum absolute atomic E-state index is 0.103. The Kier molecular flexibility index (Phi) is 7.34. The second-order valence-corrected chi connectivity index (χ2v) is 6.98. The highest BCUT2D eigenvalue weighted by molar-refractivity contribution is 7.21. The largest absolute Gasteiger partial charge is 0.497 e. The summed E-state index contributed by atoms with van der Waals surface area (Å²) in [6.07, 6.45) is 0. The van der Waals surface area contributed by atoms with E-state index >= 15 is 0 Å². The van der Waals surface area contributed by atoms with Gasteiger partial charge < -0.3 is 18.9 Å². The van der Waals surface area contributed by atoms with E-state index in [2.05, 4.69) is 4.98 Å². The van der Waals surface area contributed by atoms with E-state index in [1.54, 1.807) is 19.2 Å². The Labute approximate surface area is 172 Å². The molecule has 3 aromatic rings. The number of hydrogen-bond donors (Lipinski definition) is 0. The third-order valence-corrected chi connectivity index (χ3v) is 5.14. The Balaban J connectivity index is 1.71. The molecule has 154 valence electrons. The van der Waals surface area contributed by atoms with Crippen LogP contribution >= 0.6 is 11.3 Å². The molecule has 0 saturated heterocycles. The molecule has 3 rings (SSSR count). The van der Waals surface area contributed by atoms with Crippen LogP contribution in [0.1, 0.15) is 6.92 Å². The number of fused-ring (bicyclic) bond motifs is 1. The SMILES string of the molecule is CCOCCOCCOc1ccc(-c2nc3cc(OC)ccc3s2)cc1[N+](=O)[O-]. The van der Waals surface area contributed by atoms with Gasteiger partial charge in [-0.2, -0.15) is 0 Å². The second-order valence-electron chi connectivity index (χ2n) is 5.95. The summed E-state index contributed by atoms with van der Waals surface area (Å²) in [6.45, 7) is 4.07. The van der Waals surface area contributed by atoms with Gasteiger partial charge in [0.1, 0.15) is 17.4 Å². The maximum Gasteiger partial charge on any atom is 0.311 e. The highest BCUT2D eigenvalue weighted by Crippen LogP contribution is 2.36. The first-order valence-corrected chi connectivity index (χ1v) is 9.95. The molecule has 0 radical (unpaired) electrons. The molecular formula is C20H22N2O6S. The van der Waals surface area contributed by atoms with E-state index < -0.39 is 4.92 Å². The quantitative estimate of drug-likeness (QED) is 0.260. The van der Waals surface area contributed by atoms with E-state index in [0.717, 1.165) is 10.2 Å². The molecule has 1 aromatic heterocycles. The van der Waals surface area contributed by atoms with Crippen molar-refractivity contribution in [3.63, 3.8) is 0 Å². The smallest absolute Gasteiger partial charge is 0.311 e. The lowest BCUT2D eigenvalue weighted by Gasteiger charge is -2.08. The Hall–Kier alpha value is -2.75. The van der Waals surface area contributed by atoms with Crippen molar-refractivity contribution in [2.45, 2.75) is 6.92 Å². The lowest BCUT2D eigenvalue weighted by atomic mass is 10.2. The third kappa shape index (κ3) is 5.41. The standard InChI is InChI=1S/C20H22N2O6S/c1-3-26-8-9-27-10-11-28-18-6-4-14(12-17(18)22(23)24)20-21-16-13-15(25-2)5-7-19(16)29-20/h4-7,12-13H,3,8-11H2,1-2H3. The van der Waals surface area contributed by atoms with Gasteiger partial charge in [-0.25, -0.2) is 4.98 Å². The molecule has 0 aliphatic rings. The lowest BCUT2D eigenvalue weighted by Crippen LogP contribution is -2.11. The van der Waals surface area contributed by atoms with Crippen molar-refractivity contribution in [2.75, 3.05) is 40.1 Å². The fraction of sp³-hybridized carbons (Fsp3) is 0.350. The number of hydrogen-bond acceptors (Lipinski definition) is 8. The summed E-state index contributed by atoms with van der Waals surface area (Å²) in [5.74, 6) is 0.919. The van der Waals surface area contributed by atoms with Crippen LogP contribution in [0.2, 0.25) is 0 Å². The van der Waals surface area contributed by atoms with E-state index in [-0.39, 0.29) is 18.0 Å². The maximum absolute atomic E-state index is 11.5. The van der Waals surface area contributed by atoms with E-state index in [1.807, 2.05) is 25.1 Å². The van der Waals surface area contributed by atoms with Gasteiger partial charge in [-0.1, -0.05) is 0 Å². The van der Waals surface area contributed by atoms with Gasteiger partial charge in [-0.05, 0) is 31.2 Å². The van der Waals surface area contributed by atoms with Gasteiger partial charge in [0.15, 0.2) is 5.75 Å². The van der Waals surface area contributed by atoms with Gasteiger partial charge in [0.05, 0.1) is 42.1 Å². The number of aromatic nitrogens is 1. The first-order chi connectivity index (χ1) is 14.1. The molecule has 0 bridgehead atoms. The number of methoxy groups -OCH3 is 1. The zero-order valence-electron chi connectivity index (χ0n) is 16.3. The molecule has 0 fully saturated rings. The first kappa shape index (κ1) is 21.0. The van der Waals surface area contributed by atoms with Gasteiger partial charge in [-0.3, -0.25) is 10.1 Å². The number of nitro groups is 1. The number of ether oxygens (including phenoxy) is 4. The topological polar surface area (TPSA) is 93.0 Å². The predicted octanol–water partition coefficient (Wildman–Crippen LogP) is 4.31. The fourth-order valence-electron chi connectivity index (χ4n) is 2.65. The van der Waals surface area contributed by atoms with Crippen LogP contribution in [-0.4, -0.2) is 50.1 Å². The Morgan fingerprint density at radius 3 is 2.62 bits per heavy atom. The van der Waals surface area contributed by atoms with Crippen LogP contribution in [0.5, 0.6) is 11.5 Å². The summed E-state index contributed by atoms with van der Waals surface area (Å²) in [6, 6.07) is 10.5. The molecule has 0 saturated carbocycles. The number of thiazole rings is 1. The molecule has 0 aliphatic heterocycles. The van der Waals surface area contributed by atoms with Crippen LogP contribution in [0.3, 0.4) is 0 Å². The fourth-order valence-corrected chi connectivity index (χ4v) is 3.59. The van der Waals surface area contributed by atoms with Crippen molar-refractivity contribution in [1.29, 1.82) is 0 Å². The Morgan fingerprint density at radius 2 is 1.86 bits per heavy atom. The maximum atomic E-state index is 11.5. The zero-order chi connectivity index (χ0) is 20.6. The molecule has 8 nitrogen and oxygen atoms in total. The highest BCUT2D eigenvalue weighted by Gasteiger charge is 2.18. The van der Waals surface area contributed by atoms with Gasteiger partial charge in [0, 0.05) is 24.3 Å². The van der Waals surface area contributed by atoms with E-state index in [1.165, 1.54) is 17.4 Å². The monoisotopic (exact) mass is 418 g/mol. The minimum Gasteiger partial charge on any atom is -0.497 e. The number of benzene rings is 2. The zero-order valence-corrected chi connectivity index (χ0v) is 17.1. The molecule has 0 atom stereocenters. The van der Waals surface area contributed by atoms with Crippen LogP contribution in [-0.2, 0) is 9.47 Å². The van der Waals surface area contributed by atoms with Crippen LogP contribution in [0.4, 0.5) is 5.69 Å². The molecule has 2 aromatic carbocycles. The van der Waals surface area contributed by atoms with Gasteiger partial charge in [0.25, 0.3) is 0 Å². The highest BCUT2D eigenvalue weighted by atomic mass is 32.1. The molecule has 0 N–H and O–H groups in total. The number of nitro benzene ring substituents is 1.